The monoisotopic (exact) mass is 388 g/mol. The van der Waals surface area contributed by atoms with Crippen molar-refractivity contribution in [1.82, 2.24) is 5.32 Å². The maximum absolute atomic E-state index is 14.8. The number of hydrogen-bond acceptors (Lipinski definition) is 2. The number of benzene rings is 2. The summed E-state index contributed by atoms with van der Waals surface area (Å²) in [5, 5.41) is 2.70. The zero-order valence-corrected chi connectivity index (χ0v) is 14.1. The normalized spacial score (nSPS) is 21.2. The molecule has 2 aromatic carbocycles. The molecule has 0 radical (unpaired) electrons. The number of alkyl halides is 4. The van der Waals surface area contributed by atoms with Crippen LogP contribution in [0.15, 0.2) is 47.5 Å². The Hall–Kier alpha value is -1.99. The molecule has 0 saturated carbocycles. The van der Waals surface area contributed by atoms with Gasteiger partial charge in [-0.3, -0.25) is 0 Å². The van der Waals surface area contributed by atoms with E-state index in [4.69, 9.17) is 11.6 Å². The van der Waals surface area contributed by atoms with Crippen LogP contribution in [0.3, 0.4) is 0 Å². The minimum Gasteiger partial charge on any atom is -0.306 e. The predicted molar refractivity (Wildman–Crippen MR) is 91.3 cm³/mol. The Bertz CT molecular complexity index is 835. The SMILES string of the molecule is Fc1c(/N=C(\[C@@H]2C[C@@H](F)CN2)C(F)(F)F)cccc1-c1ccccc1Cl. The molecule has 1 aliphatic heterocycles. The average Bonchev–Trinajstić information content (AvgIpc) is 2.99. The van der Waals surface area contributed by atoms with Crippen molar-refractivity contribution in [1.29, 1.82) is 0 Å². The van der Waals surface area contributed by atoms with Crippen LogP contribution in [0.4, 0.5) is 27.6 Å². The summed E-state index contributed by atoms with van der Waals surface area (Å²) in [5.41, 5.74) is -1.33. The van der Waals surface area contributed by atoms with Gasteiger partial charge in [-0.2, -0.15) is 13.2 Å². The average molecular weight is 389 g/mol. The molecule has 0 amide bonds. The molecule has 0 aromatic heterocycles. The van der Waals surface area contributed by atoms with Crippen LogP contribution in [0.5, 0.6) is 0 Å². The summed E-state index contributed by atoms with van der Waals surface area (Å²) in [6.07, 6.45) is -6.56. The van der Waals surface area contributed by atoms with Gasteiger partial charge >= 0.3 is 6.18 Å². The number of nitrogens with zero attached hydrogens (tertiary/aromatic N) is 1. The third kappa shape index (κ3) is 3.88. The molecular formula is C18H14ClF5N2. The third-order valence-corrected chi connectivity index (χ3v) is 4.41. The molecule has 1 fully saturated rings. The lowest BCUT2D eigenvalue weighted by atomic mass is 10.0. The van der Waals surface area contributed by atoms with Crippen LogP contribution in [0, 0.1) is 5.82 Å². The number of rotatable bonds is 3. The van der Waals surface area contributed by atoms with Gasteiger partial charge in [0.25, 0.3) is 0 Å². The summed E-state index contributed by atoms with van der Waals surface area (Å²) < 4.78 is 68.2. The van der Waals surface area contributed by atoms with Gasteiger partial charge in [-0.05, 0) is 12.1 Å². The lowest BCUT2D eigenvalue weighted by molar-refractivity contribution is -0.0615. The first kappa shape index (κ1) is 18.8. The molecule has 0 aliphatic carbocycles. The van der Waals surface area contributed by atoms with Crippen LogP contribution < -0.4 is 5.32 Å². The number of nitrogens with one attached hydrogen (secondary N) is 1. The quantitative estimate of drug-likeness (QED) is 0.546. The molecule has 26 heavy (non-hydrogen) atoms. The maximum Gasteiger partial charge on any atom is 0.431 e. The summed E-state index contributed by atoms with van der Waals surface area (Å²) >= 11 is 6.05. The Morgan fingerprint density at radius 2 is 1.77 bits per heavy atom. The minimum atomic E-state index is -4.81. The standard InChI is InChI=1S/C18H14ClF5N2/c19-13-6-2-1-4-11(13)12-5-3-7-14(16(12)21)26-17(18(22,23)24)15-8-10(20)9-25-15/h1-7,10,15,25H,8-9H2/b26-17+/t10-,15+/m1/s1. The molecule has 0 unspecified atom stereocenters. The van der Waals surface area contributed by atoms with Crippen LogP contribution in [0.25, 0.3) is 11.1 Å². The molecule has 1 N–H and O–H groups in total. The fraction of sp³-hybridized carbons (Fsp3) is 0.278. The van der Waals surface area contributed by atoms with Gasteiger partial charge in [0.15, 0.2) is 5.82 Å². The lowest BCUT2D eigenvalue weighted by Crippen LogP contribution is -2.40. The Balaban J connectivity index is 2.07. The molecule has 0 spiro atoms. The van der Waals surface area contributed by atoms with Gasteiger partial charge in [0.05, 0.1) is 11.7 Å². The summed E-state index contributed by atoms with van der Waals surface area (Å²) in [4.78, 5) is 3.51. The van der Waals surface area contributed by atoms with Gasteiger partial charge in [-0.15, -0.1) is 0 Å². The molecule has 1 aliphatic rings. The molecular weight excluding hydrogens is 375 g/mol. The highest BCUT2D eigenvalue weighted by Crippen LogP contribution is 2.35. The fourth-order valence-electron chi connectivity index (χ4n) is 2.86. The van der Waals surface area contributed by atoms with Crippen molar-refractivity contribution >= 4 is 23.0 Å². The van der Waals surface area contributed by atoms with E-state index in [0.717, 1.165) is 6.07 Å². The van der Waals surface area contributed by atoms with E-state index in [1.807, 2.05) is 0 Å². The minimum absolute atomic E-state index is 0.0427. The summed E-state index contributed by atoms with van der Waals surface area (Å²) in [7, 11) is 0. The Kier molecular flexibility index (Phi) is 5.29. The summed E-state index contributed by atoms with van der Waals surface area (Å²) in [6, 6.07) is 9.05. The number of hydrogen-bond donors (Lipinski definition) is 1. The van der Waals surface area contributed by atoms with Crippen molar-refractivity contribution in [3.63, 3.8) is 0 Å². The van der Waals surface area contributed by atoms with E-state index < -0.39 is 35.6 Å². The lowest BCUT2D eigenvalue weighted by Gasteiger charge is -2.17. The molecule has 0 bridgehead atoms. The third-order valence-electron chi connectivity index (χ3n) is 4.08. The van der Waals surface area contributed by atoms with Crippen LogP contribution in [-0.2, 0) is 0 Å². The molecule has 2 atom stereocenters. The highest BCUT2D eigenvalue weighted by Gasteiger charge is 2.43. The van der Waals surface area contributed by atoms with E-state index in [1.54, 1.807) is 24.3 Å². The maximum atomic E-state index is 14.8. The Morgan fingerprint density at radius 1 is 1.08 bits per heavy atom. The van der Waals surface area contributed by atoms with Crippen LogP contribution >= 0.6 is 11.6 Å². The largest absolute Gasteiger partial charge is 0.431 e. The summed E-state index contributed by atoms with van der Waals surface area (Å²) in [5.74, 6) is -0.919. The molecule has 2 aromatic rings. The molecule has 138 valence electrons. The second kappa shape index (κ2) is 7.32. The van der Waals surface area contributed by atoms with Crippen molar-refractivity contribution in [2.75, 3.05) is 6.54 Å². The van der Waals surface area contributed by atoms with E-state index in [1.165, 1.54) is 12.1 Å². The number of halogens is 6. The molecule has 1 saturated heterocycles. The fourth-order valence-corrected chi connectivity index (χ4v) is 3.10. The first-order chi connectivity index (χ1) is 12.3. The first-order valence-electron chi connectivity index (χ1n) is 7.84. The second-order valence-electron chi connectivity index (χ2n) is 5.91. The summed E-state index contributed by atoms with van der Waals surface area (Å²) in [6.45, 7) is -0.193. The van der Waals surface area contributed by atoms with Gasteiger partial charge in [0.2, 0.25) is 0 Å². The van der Waals surface area contributed by atoms with Gasteiger partial charge in [0, 0.05) is 29.1 Å². The molecule has 8 heteroatoms. The van der Waals surface area contributed by atoms with E-state index in [9.17, 15) is 22.0 Å². The van der Waals surface area contributed by atoms with Crippen molar-refractivity contribution in [3.05, 3.63) is 53.3 Å². The Labute approximate surface area is 151 Å². The molecule has 1 heterocycles. The predicted octanol–water partition coefficient (Wildman–Crippen LogP) is 5.48. The zero-order valence-electron chi connectivity index (χ0n) is 13.3. The van der Waals surface area contributed by atoms with Crippen molar-refractivity contribution in [2.24, 2.45) is 4.99 Å². The molecule has 2 nitrogen and oxygen atoms in total. The van der Waals surface area contributed by atoms with Gasteiger partial charge in [-0.25, -0.2) is 13.8 Å². The van der Waals surface area contributed by atoms with Crippen molar-refractivity contribution in [2.45, 2.75) is 24.8 Å². The molecule has 3 rings (SSSR count). The number of aliphatic imine (C=N–C) groups is 1. The smallest absolute Gasteiger partial charge is 0.306 e. The topological polar surface area (TPSA) is 24.4 Å². The van der Waals surface area contributed by atoms with Crippen LogP contribution in [0.1, 0.15) is 6.42 Å². The Morgan fingerprint density at radius 3 is 2.38 bits per heavy atom. The first-order valence-corrected chi connectivity index (χ1v) is 8.22. The highest BCUT2D eigenvalue weighted by atomic mass is 35.5. The van der Waals surface area contributed by atoms with E-state index in [2.05, 4.69) is 10.3 Å². The zero-order chi connectivity index (χ0) is 18.9. The van der Waals surface area contributed by atoms with E-state index in [-0.39, 0.29) is 23.6 Å². The van der Waals surface area contributed by atoms with E-state index in [0.29, 0.717) is 5.56 Å². The van der Waals surface area contributed by atoms with Crippen LogP contribution in [-0.4, -0.2) is 30.6 Å². The van der Waals surface area contributed by atoms with Gasteiger partial charge < -0.3 is 5.32 Å². The second-order valence-corrected chi connectivity index (χ2v) is 6.31. The van der Waals surface area contributed by atoms with Crippen molar-refractivity contribution in [3.8, 4) is 11.1 Å². The van der Waals surface area contributed by atoms with Gasteiger partial charge in [0.1, 0.15) is 11.9 Å². The van der Waals surface area contributed by atoms with Crippen molar-refractivity contribution < 1.29 is 22.0 Å². The van der Waals surface area contributed by atoms with E-state index >= 15 is 0 Å². The van der Waals surface area contributed by atoms with Gasteiger partial charge in [-0.1, -0.05) is 41.9 Å². The van der Waals surface area contributed by atoms with Crippen LogP contribution in [0.2, 0.25) is 5.02 Å². The highest BCUT2D eigenvalue weighted by molar-refractivity contribution is 6.33.